The van der Waals surface area contributed by atoms with Gasteiger partial charge in [0.15, 0.2) is 0 Å². The van der Waals surface area contributed by atoms with Gasteiger partial charge in [0.2, 0.25) is 5.76 Å². The predicted molar refractivity (Wildman–Crippen MR) is 64.5 cm³/mol. The molecule has 1 N–H and O–H groups in total. The number of thioether (sulfide) groups is 1. The number of nitrogens with zero attached hydrogens (tertiary/aromatic N) is 1. The van der Waals surface area contributed by atoms with Gasteiger partial charge in [-0.15, -0.1) is 0 Å². The second-order valence-electron chi connectivity index (χ2n) is 3.74. The number of aromatic carboxylic acids is 1. The number of furan rings is 1. The molecule has 0 aliphatic heterocycles. The SMILES string of the molecule is O=C(O)c1ccc(CSc2ccc(C(F)(F)F)cn2)o1. The molecule has 0 atom stereocenters. The van der Waals surface area contributed by atoms with Crippen molar-refractivity contribution in [3.8, 4) is 0 Å². The van der Waals surface area contributed by atoms with E-state index in [-0.39, 0.29) is 11.5 Å². The van der Waals surface area contributed by atoms with E-state index in [0.29, 0.717) is 10.8 Å². The Hall–Kier alpha value is -1.96. The molecule has 4 nitrogen and oxygen atoms in total. The number of carbonyl (C=O) groups is 1. The minimum absolute atomic E-state index is 0.180. The molecule has 0 fully saturated rings. The van der Waals surface area contributed by atoms with Crippen molar-refractivity contribution < 1.29 is 27.5 Å². The van der Waals surface area contributed by atoms with E-state index in [4.69, 9.17) is 9.52 Å². The van der Waals surface area contributed by atoms with Crippen LogP contribution in [-0.4, -0.2) is 16.1 Å². The number of halogens is 3. The van der Waals surface area contributed by atoms with Gasteiger partial charge in [-0.25, -0.2) is 9.78 Å². The monoisotopic (exact) mass is 303 g/mol. The highest BCUT2D eigenvalue weighted by Crippen LogP contribution is 2.30. The van der Waals surface area contributed by atoms with Gasteiger partial charge in [0.1, 0.15) is 5.76 Å². The quantitative estimate of drug-likeness (QED) is 0.873. The number of rotatable bonds is 4. The molecule has 20 heavy (non-hydrogen) atoms. The molecule has 0 aliphatic carbocycles. The molecule has 0 bridgehead atoms. The van der Waals surface area contributed by atoms with Crippen LogP contribution >= 0.6 is 11.8 Å². The number of aromatic nitrogens is 1. The van der Waals surface area contributed by atoms with Crippen molar-refractivity contribution in [2.45, 2.75) is 17.0 Å². The van der Waals surface area contributed by atoms with Gasteiger partial charge in [-0.1, -0.05) is 11.8 Å². The fraction of sp³-hybridized carbons (Fsp3) is 0.167. The topological polar surface area (TPSA) is 63.3 Å². The highest BCUT2D eigenvalue weighted by Gasteiger charge is 2.30. The van der Waals surface area contributed by atoms with Crippen LogP contribution in [0.15, 0.2) is 39.9 Å². The smallest absolute Gasteiger partial charge is 0.417 e. The van der Waals surface area contributed by atoms with Crippen molar-refractivity contribution in [2.24, 2.45) is 0 Å². The first kappa shape index (κ1) is 14.4. The van der Waals surface area contributed by atoms with E-state index in [1.165, 1.54) is 18.2 Å². The first-order valence-corrected chi connectivity index (χ1v) is 6.33. The second kappa shape index (κ2) is 5.58. The van der Waals surface area contributed by atoms with E-state index in [2.05, 4.69) is 4.98 Å². The van der Waals surface area contributed by atoms with Crippen molar-refractivity contribution >= 4 is 17.7 Å². The maximum absolute atomic E-state index is 12.3. The van der Waals surface area contributed by atoms with Gasteiger partial charge < -0.3 is 9.52 Å². The molecule has 0 saturated heterocycles. The summed E-state index contributed by atoms with van der Waals surface area (Å²) in [6, 6.07) is 5.02. The summed E-state index contributed by atoms with van der Waals surface area (Å²) >= 11 is 1.15. The average Bonchev–Trinajstić information content (AvgIpc) is 2.85. The van der Waals surface area contributed by atoms with Gasteiger partial charge in [-0.3, -0.25) is 0 Å². The highest BCUT2D eigenvalue weighted by atomic mass is 32.2. The molecule has 0 aliphatic rings. The summed E-state index contributed by atoms with van der Waals surface area (Å²) in [6.07, 6.45) is -3.65. The van der Waals surface area contributed by atoms with Gasteiger partial charge in [0.25, 0.3) is 0 Å². The van der Waals surface area contributed by atoms with Gasteiger partial charge >= 0.3 is 12.1 Å². The molecule has 2 aromatic heterocycles. The Kier molecular flexibility index (Phi) is 4.03. The molecule has 106 valence electrons. The predicted octanol–water partition coefficient (Wildman–Crippen LogP) is 3.68. The van der Waals surface area contributed by atoms with Crippen molar-refractivity contribution in [1.82, 2.24) is 4.98 Å². The molecule has 0 saturated carbocycles. The number of alkyl halides is 3. The molecule has 2 aromatic rings. The number of hydrogen-bond acceptors (Lipinski definition) is 4. The molecular weight excluding hydrogens is 295 g/mol. The lowest BCUT2D eigenvalue weighted by Gasteiger charge is -2.06. The fourth-order valence-electron chi connectivity index (χ4n) is 1.35. The Bertz CT molecular complexity index is 607. The summed E-state index contributed by atoms with van der Waals surface area (Å²) in [7, 11) is 0. The molecule has 0 amide bonds. The molecule has 0 radical (unpaired) electrons. The van der Waals surface area contributed by atoms with Gasteiger partial charge in [-0.05, 0) is 24.3 Å². The minimum Gasteiger partial charge on any atom is -0.475 e. The van der Waals surface area contributed by atoms with E-state index in [0.717, 1.165) is 24.0 Å². The summed E-state index contributed by atoms with van der Waals surface area (Å²) in [5.41, 5.74) is -0.812. The third-order valence-electron chi connectivity index (χ3n) is 2.30. The number of pyridine rings is 1. The van der Waals surface area contributed by atoms with Crippen LogP contribution in [0.2, 0.25) is 0 Å². The van der Waals surface area contributed by atoms with Gasteiger partial charge in [-0.2, -0.15) is 13.2 Å². The normalized spacial score (nSPS) is 11.6. The van der Waals surface area contributed by atoms with Gasteiger partial charge in [0.05, 0.1) is 16.3 Å². The molecular formula is C12H8F3NO3S. The van der Waals surface area contributed by atoms with Gasteiger partial charge in [0, 0.05) is 6.20 Å². The standard InChI is InChI=1S/C12H8F3NO3S/c13-12(14,15)7-1-4-10(16-5-7)20-6-8-2-3-9(19-8)11(17)18/h1-5H,6H2,(H,17,18). The van der Waals surface area contributed by atoms with E-state index in [1.54, 1.807) is 0 Å². The largest absolute Gasteiger partial charge is 0.475 e. The first-order valence-electron chi connectivity index (χ1n) is 5.34. The fourth-order valence-corrected chi connectivity index (χ4v) is 2.09. The maximum atomic E-state index is 12.3. The second-order valence-corrected chi connectivity index (χ2v) is 4.74. The summed E-state index contributed by atoms with van der Waals surface area (Å²) in [6.45, 7) is 0. The lowest BCUT2D eigenvalue weighted by Crippen LogP contribution is -2.05. The molecule has 0 aromatic carbocycles. The zero-order chi connectivity index (χ0) is 14.8. The van der Waals surface area contributed by atoms with Crippen LogP contribution in [0.5, 0.6) is 0 Å². The Morgan fingerprint density at radius 3 is 2.55 bits per heavy atom. The summed E-state index contributed by atoms with van der Waals surface area (Å²) in [5, 5.41) is 9.07. The number of hydrogen-bond donors (Lipinski definition) is 1. The highest BCUT2D eigenvalue weighted by molar-refractivity contribution is 7.98. The summed E-state index contributed by atoms with van der Waals surface area (Å²) in [4.78, 5) is 14.3. The van der Waals surface area contributed by atoms with Crippen LogP contribution in [0.4, 0.5) is 13.2 Å². The van der Waals surface area contributed by atoms with Crippen LogP contribution in [0.25, 0.3) is 0 Å². The third-order valence-corrected chi connectivity index (χ3v) is 3.26. The summed E-state index contributed by atoms with van der Waals surface area (Å²) < 4.78 is 42.0. The molecule has 2 rings (SSSR count). The van der Waals surface area contributed by atoms with Crippen LogP contribution in [0.3, 0.4) is 0 Å². The van der Waals surface area contributed by atoms with Crippen molar-refractivity contribution in [1.29, 1.82) is 0 Å². The zero-order valence-corrected chi connectivity index (χ0v) is 10.7. The lowest BCUT2D eigenvalue weighted by molar-refractivity contribution is -0.137. The van der Waals surface area contributed by atoms with E-state index >= 15 is 0 Å². The zero-order valence-electron chi connectivity index (χ0n) is 9.85. The Morgan fingerprint density at radius 1 is 1.30 bits per heavy atom. The van der Waals surface area contributed by atoms with Crippen LogP contribution in [-0.2, 0) is 11.9 Å². The van der Waals surface area contributed by atoms with Crippen LogP contribution < -0.4 is 0 Å². The number of carboxylic acids is 1. The molecule has 0 unspecified atom stereocenters. The Labute approximate surface area is 115 Å². The Balaban J connectivity index is 1.98. The van der Waals surface area contributed by atoms with E-state index in [9.17, 15) is 18.0 Å². The number of carboxylic acid groups (broad SMARTS) is 1. The van der Waals surface area contributed by atoms with Crippen molar-refractivity contribution in [3.05, 3.63) is 47.5 Å². The van der Waals surface area contributed by atoms with Crippen LogP contribution in [0, 0.1) is 0 Å². The lowest BCUT2D eigenvalue weighted by atomic mass is 10.3. The van der Waals surface area contributed by atoms with Crippen molar-refractivity contribution in [3.63, 3.8) is 0 Å². The van der Waals surface area contributed by atoms with E-state index in [1.807, 2.05) is 0 Å². The molecule has 8 heteroatoms. The van der Waals surface area contributed by atoms with Crippen LogP contribution in [0.1, 0.15) is 21.9 Å². The average molecular weight is 303 g/mol. The maximum Gasteiger partial charge on any atom is 0.417 e. The third kappa shape index (κ3) is 3.53. The summed E-state index contributed by atoms with van der Waals surface area (Å²) in [5.74, 6) is -0.657. The van der Waals surface area contributed by atoms with Crippen molar-refractivity contribution in [2.75, 3.05) is 0 Å². The first-order chi connectivity index (χ1) is 9.36. The van der Waals surface area contributed by atoms with E-state index < -0.39 is 17.7 Å². The molecule has 0 spiro atoms. The molecule has 2 heterocycles. The Morgan fingerprint density at radius 2 is 2.05 bits per heavy atom. The minimum atomic E-state index is -4.41.